The molecule has 1 aromatic rings. The van der Waals surface area contributed by atoms with E-state index >= 15 is 0 Å². The minimum absolute atomic E-state index is 0.376. The van der Waals surface area contributed by atoms with Crippen molar-refractivity contribution >= 4 is 33.0 Å². The molecular formula is C14H22ClNO2S2. The Bertz CT molecular complexity index is 558. The van der Waals surface area contributed by atoms with Gasteiger partial charge in [0.25, 0.3) is 10.0 Å². The van der Waals surface area contributed by atoms with Crippen molar-refractivity contribution in [2.24, 2.45) is 11.8 Å². The average molecular weight is 336 g/mol. The predicted molar refractivity (Wildman–Crippen MR) is 84.9 cm³/mol. The summed E-state index contributed by atoms with van der Waals surface area (Å²) in [4.78, 5) is 0.947. The Hall–Kier alpha value is -0.100. The first-order chi connectivity index (χ1) is 9.36. The molecule has 0 atom stereocenters. The molecule has 2 rings (SSSR count). The standard InChI is InChI=1S/C14H22ClNO2S2/c1-10(2)12-4-6-16(7-5-12)20(17,18)14-8-11(3)13(9-15)19-14/h8,10,12H,4-7,9H2,1-3H3. The molecule has 3 nitrogen and oxygen atoms in total. The number of alkyl halides is 1. The van der Waals surface area contributed by atoms with Crippen LogP contribution < -0.4 is 0 Å². The molecule has 0 spiro atoms. The van der Waals surface area contributed by atoms with E-state index in [1.807, 2.05) is 6.92 Å². The van der Waals surface area contributed by atoms with Gasteiger partial charge in [-0.25, -0.2) is 8.42 Å². The quantitative estimate of drug-likeness (QED) is 0.784. The van der Waals surface area contributed by atoms with Crippen LogP contribution in [0.3, 0.4) is 0 Å². The second-order valence-corrected chi connectivity index (χ2v) is 9.36. The van der Waals surface area contributed by atoms with E-state index in [9.17, 15) is 8.42 Å². The van der Waals surface area contributed by atoms with Gasteiger partial charge in [0.1, 0.15) is 4.21 Å². The number of aryl methyl sites for hydroxylation is 1. The molecule has 1 aromatic heterocycles. The van der Waals surface area contributed by atoms with E-state index in [0.29, 0.717) is 35.0 Å². The minimum Gasteiger partial charge on any atom is -0.206 e. The molecule has 6 heteroatoms. The molecule has 0 amide bonds. The molecule has 2 heterocycles. The third-order valence-corrected chi connectivity index (χ3v) is 8.17. The van der Waals surface area contributed by atoms with Crippen molar-refractivity contribution < 1.29 is 8.42 Å². The van der Waals surface area contributed by atoms with Gasteiger partial charge in [0.15, 0.2) is 0 Å². The SMILES string of the molecule is Cc1cc(S(=O)(=O)N2CCC(C(C)C)CC2)sc1CCl. The average Bonchev–Trinajstić information content (AvgIpc) is 2.80. The van der Waals surface area contributed by atoms with Crippen LogP contribution in [0, 0.1) is 18.8 Å². The zero-order valence-corrected chi connectivity index (χ0v) is 14.6. The highest BCUT2D eigenvalue weighted by Gasteiger charge is 2.31. The van der Waals surface area contributed by atoms with Crippen LogP contribution in [-0.4, -0.2) is 25.8 Å². The van der Waals surface area contributed by atoms with Crippen LogP contribution in [0.2, 0.25) is 0 Å². The van der Waals surface area contributed by atoms with E-state index in [0.717, 1.165) is 23.3 Å². The lowest BCUT2D eigenvalue weighted by Crippen LogP contribution is -2.39. The Balaban J connectivity index is 2.15. The van der Waals surface area contributed by atoms with E-state index < -0.39 is 10.0 Å². The van der Waals surface area contributed by atoms with E-state index in [4.69, 9.17) is 11.6 Å². The summed E-state index contributed by atoms with van der Waals surface area (Å²) in [5.41, 5.74) is 0.973. The normalized spacial score (nSPS) is 18.9. The fourth-order valence-corrected chi connectivity index (χ4v) is 6.10. The number of piperidine rings is 1. The maximum absolute atomic E-state index is 12.6. The van der Waals surface area contributed by atoms with Crippen molar-refractivity contribution in [1.82, 2.24) is 4.31 Å². The third-order valence-electron chi connectivity index (χ3n) is 4.15. The number of sulfonamides is 1. The predicted octanol–water partition coefficient (Wildman–Crippen LogP) is 3.85. The molecule has 0 saturated carbocycles. The molecule has 114 valence electrons. The summed E-state index contributed by atoms with van der Waals surface area (Å²) in [7, 11) is -3.33. The first-order valence-electron chi connectivity index (χ1n) is 7.01. The van der Waals surface area contributed by atoms with Gasteiger partial charge >= 0.3 is 0 Å². The van der Waals surface area contributed by atoms with Crippen LogP contribution in [-0.2, 0) is 15.9 Å². The maximum atomic E-state index is 12.6. The van der Waals surface area contributed by atoms with Gasteiger partial charge in [-0.1, -0.05) is 13.8 Å². The first-order valence-corrected chi connectivity index (χ1v) is 9.80. The fourth-order valence-electron chi connectivity index (χ4n) is 2.66. The number of thiophene rings is 1. The monoisotopic (exact) mass is 335 g/mol. The highest BCUT2D eigenvalue weighted by molar-refractivity contribution is 7.91. The van der Waals surface area contributed by atoms with Crippen LogP contribution in [0.5, 0.6) is 0 Å². The summed E-state index contributed by atoms with van der Waals surface area (Å²) in [5, 5.41) is 0. The van der Waals surface area contributed by atoms with Gasteiger partial charge in [-0.3, -0.25) is 0 Å². The summed E-state index contributed by atoms with van der Waals surface area (Å²) in [6, 6.07) is 1.76. The molecular weight excluding hydrogens is 314 g/mol. The third kappa shape index (κ3) is 3.21. The lowest BCUT2D eigenvalue weighted by molar-refractivity contribution is 0.227. The van der Waals surface area contributed by atoms with E-state index in [-0.39, 0.29) is 0 Å². The van der Waals surface area contributed by atoms with Gasteiger partial charge < -0.3 is 0 Å². The zero-order valence-electron chi connectivity index (χ0n) is 12.2. The second kappa shape index (κ2) is 6.34. The van der Waals surface area contributed by atoms with Gasteiger partial charge in [-0.05, 0) is 43.2 Å². The van der Waals surface area contributed by atoms with Crippen LogP contribution in [0.4, 0.5) is 0 Å². The largest absolute Gasteiger partial charge is 0.252 e. The molecule has 0 N–H and O–H groups in total. The molecule has 1 saturated heterocycles. The van der Waals surface area contributed by atoms with Crippen molar-refractivity contribution in [3.8, 4) is 0 Å². The van der Waals surface area contributed by atoms with Crippen molar-refractivity contribution in [3.05, 3.63) is 16.5 Å². The van der Waals surface area contributed by atoms with Crippen molar-refractivity contribution in [1.29, 1.82) is 0 Å². The van der Waals surface area contributed by atoms with E-state index in [1.165, 1.54) is 11.3 Å². The number of halogens is 1. The zero-order chi connectivity index (χ0) is 14.9. The van der Waals surface area contributed by atoms with Gasteiger partial charge in [-0.2, -0.15) is 4.31 Å². The molecule has 1 aliphatic heterocycles. The number of nitrogens with zero attached hydrogens (tertiary/aromatic N) is 1. The van der Waals surface area contributed by atoms with E-state index in [2.05, 4.69) is 13.8 Å². The molecule has 1 fully saturated rings. The lowest BCUT2D eigenvalue weighted by atomic mass is 9.87. The summed E-state index contributed by atoms with van der Waals surface area (Å²) >= 11 is 7.14. The van der Waals surface area contributed by atoms with Crippen LogP contribution in [0.25, 0.3) is 0 Å². The maximum Gasteiger partial charge on any atom is 0.252 e. The van der Waals surface area contributed by atoms with E-state index in [1.54, 1.807) is 10.4 Å². The molecule has 20 heavy (non-hydrogen) atoms. The van der Waals surface area contributed by atoms with Gasteiger partial charge in [0.2, 0.25) is 0 Å². The Morgan fingerprint density at radius 1 is 1.40 bits per heavy atom. The summed E-state index contributed by atoms with van der Waals surface area (Å²) in [5.74, 6) is 1.65. The Morgan fingerprint density at radius 2 is 2.00 bits per heavy atom. The van der Waals surface area contributed by atoms with Crippen molar-refractivity contribution in [2.45, 2.75) is 43.7 Å². The van der Waals surface area contributed by atoms with Gasteiger partial charge in [-0.15, -0.1) is 22.9 Å². The van der Waals surface area contributed by atoms with Crippen LogP contribution in [0.1, 0.15) is 37.1 Å². The topological polar surface area (TPSA) is 37.4 Å². The molecule has 0 bridgehead atoms. The smallest absolute Gasteiger partial charge is 0.206 e. The lowest BCUT2D eigenvalue weighted by Gasteiger charge is -2.32. The number of rotatable bonds is 4. The summed E-state index contributed by atoms with van der Waals surface area (Å²) in [6.45, 7) is 7.61. The summed E-state index contributed by atoms with van der Waals surface area (Å²) < 4.78 is 27.3. The molecule has 0 unspecified atom stereocenters. The Kier molecular flexibility index (Phi) is 5.16. The molecule has 1 aliphatic rings. The van der Waals surface area contributed by atoms with Crippen molar-refractivity contribution in [2.75, 3.05) is 13.1 Å². The number of hydrogen-bond acceptors (Lipinski definition) is 3. The Morgan fingerprint density at radius 3 is 2.45 bits per heavy atom. The van der Waals surface area contributed by atoms with Gasteiger partial charge in [0, 0.05) is 18.0 Å². The van der Waals surface area contributed by atoms with Crippen LogP contribution in [0.15, 0.2) is 10.3 Å². The minimum atomic E-state index is -3.33. The molecule has 0 aliphatic carbocycles. The fraction of sp³-hybridized carbons (Fsp3) is 0.714. The molecule has 0 aromatic carbocycles. The van der Waals surface area contributed by atoms with Gasteiger partial charge in [0.05, 0.1) is 5.88 Å². The number of hydrogen-bond donors (Lipinski definition) is 0. The summed E-state index contributed by atoms with van der Waals surface area (Å²) in [6.07, 6.45) is 1.92. The highest BCUT2D eigenvalue weighted by Crippen LogP contribution is 2.32. The molecule has 0 radical (unpaired) electrons. The first kappa shape index (κ1) is 16.3. The second-order valence-electron chi connectivity index (χ2n) is 5.79. The van der Waals surface area contributed by atoms with Crippen molar-refractivity contribution in [3.63, 3.8) is 0 Å². The highest BCUT2D eigenvalue weighted by atomic mass is 35.5. The Labute approximate surface area is 131 Å². The van der Waals surface area contributed by atoms with Crippen LogP contribution >= 0.6 is 22.9 Å².